The fourth-order valence-corrected chi connectivity index (χ4v) is 3.46. The number of nitrogens with one attached hydrogen (secondary N) is 1. The highest BCUT2D eigenvalue weighted by molar-refractivity contribution is 7.11. The molecule has 1 N–H and O–H groups in total. The Kier molecular flexibility index (Phi) is 5.35. The summed E-state index contributed by atoms with van der Waals surface area (Å²) in [6.07, 6.45) is 1.67. The molecule has 0 aliphatic rings. The van der Waals surface area contributed by atoms with E-state index in [9.17, 15) is 5.26 Å². The summed E-state index contributed by atoms with van der Waals surface area (Å²) in [6, 6.07) is 16.1. The van der Waals surface area contributed by atoms with Gasteiger partial charge in [-0.3, -0.25) is 0 Å². The van der Waals surface area contributed by atoms with E-state index in [1.807, 2.05) is 29.6 Å². The van der Waals surface area contributed by atoms with Gasteiger partial charge in [0.25, 0.3) is 0 Å². The number of thiazole rings is 1. The predicted molar refractivity (Wildman–Crippen MR) is 107 cm³/mol. The average Bonchev–Trinajstić information content (AvgIpc) is 3.12. The number of ether oxygens (including phenoxy) is 1. The molecule has 0 atom stereocenters. The number of aryl methyl sites for hydroxylation is 2. The van der Waals surface area contributed by atoms with Crippen molar-refractivity contribution >= 4 is 22.6 Å². The molecule has 0 aliphatic heterocycles. The highest BCUT2D eigenvalue weighted by Gasteiger charge is 2.11. The van der Waals surface area contributed by atoms with Gasteiger partial charge in [-0.05, 0) is 31.5 Å². The van der Waals surface area contributed by atoms with Crippen LogP contribution in [0.3, 0.4) is 0 Å². The quantitative estimate of drug-likeness (QED) is 0.617. The first-order valence-corrected chi connectivity index (χ1v) is 9.03. The average molecular weight is 361 g/mol. The molecule has 0 unspecified atom stereocenters. The standard InChI is InChI=1S/C21H19N3OS/c1-14-8-9-17(15(2)10-14)19-13-26-21(24-19)16(11-22)12-23-18-6-4-5-7-20(18)25-3/h4-10,12-13,23H,1-3H3/b16-12+. The maximum Gasteiger partial charge on any atom is 0.142 e. The summed E-state index contributed by atoms with van der Waals surface area (Å²) < 4.78 is 5.31. The topological polar surface area (TPSA) is 57.9 Å². The van der Waals surface area contributed by atoms with Crippen LogP contribution in [0, 0.1) is 25.2 Å². The van der Waals surface area contributed by atoms with Gasteiger partial charge in [0.1, 0.15) is 22.4 Å². The van der Waals surface area contributed by atoms with Crippen LogP contribution in [0.4, 0.5) is 5.69 Å². The summed E-state index contributed by atoms with van der Waals surface area (Å²) in [4.78, 5) is 4.65. The van der Waals surface area contributed by atoms with Gasteiger partial charge in [0.05, 0.1) is 18.5 Å². The van der Waals surface area contributed by atoms with Crippen molar-refractivity contribution in [1.82, 2.24) is 4.98 Å². The van der Waals surface area contributed by atoms with E-state index in [1.54, 1.807) is 13.3 Å². The Morgan fingerprint density at radius 1 is 1.23 bits per heavy atom. The molecule has 0 saturated heterocycles. The number of allylic oxidation sites excluding steroid dienone is 1. The van der Waals surface area contributed by atoms with Crippen LogP contribution in [-0.2, 0) is 0 Å². The molecule has 4 nitrogen and oxygen atoms in total. The SMILES string of the molecule is COc1ccccc1N/C=C(\C#N)c1nc(-c2ccc(C)cc2C)cs1. The van der Waals surface area contributed by atoms with Crippen LogP contribution < -0.4 is 10.1 Å². The Morgan fingerprint density at radius 2 is 2.04 bits per heavy atom. The number of nitrogens with zero attached hydrogens (tertiary/aromatic N) is 2. The lowest BCUT2D eigenvalue weighted by Crippen LogP contribution is -1.94. The minimum absolute atomic E-state index is 0.483. The van der Waals surface area contributed by atoms with Crippen molar-refractivity contribution in [3.63, 3.8) is 0 Å². The fraction of sp³-hybridized carbons (Fsp3) is 0.143. The van der Waals surface area contributed by atoms with Gasteiger partial charge in [0.2, 0.25) is 0 Å². The Hall–Kier alpha value is -3.10. The molecule has 0 radical (unpaired) electrons. The lowest BCUT2D eigenvalue weighted by molar-refractivity contribution is 0.417. The fourth-order valence-electron chi connectivity index (χ4n) is 2.68. The van der Waals surface area contributed by atoms with E-state index < -0.39 is 0 Å². The molecule has 0 bridgehead atoms. The summed E-state index contributed by atoms with van der Waals surface area (Å²) in [6.45, 7) is 4.15. The van der Waals surface area contributed by atoms with Crippen LogP contribution in [0.5, 0.6) is 5.75 Å². The maximum atomic E-state index is 9.53. The third-order valence-electron chi connectivity index (χ3n) is 3.99. The van der Waals surface area contributed by atoms with E-state index in [1.165, 1.54) is 22.5 Å². The number of para-hydroxylation sites is 2. The van der Waals surface area contributed by atoms with Crippen molar-refractivity contribution in [2.24, 2.45) is 0 Å². The van der Waals surface area contributed by atoms with Gasteiger partial charge in [-0.1, -0.05) is 35.9 Å². The predicted octanol–water partition coefficient (Wildman–Crippen LogP) is 5.41. The van der Waals surface area contributed by atoms with Gasteiger partial charge in [-0.15, -0.1) is 11.3 Å². The summed E-state index contributed by atoms with van der Waals surface area (Å²) in [5, 5.41) is 15.3. The Labute approximate surface area is 157 Å². The molecule has 0 spiro atoms. The second-order valence-corrected chi connectivity index (χ2v) is 6.73. The van der Waals surface area contributed by atoms with E-state index in [2.05, 4.69) is 48.4 Å². The summed E-state index contributed by atoms with van der Waals surface area (Å²) in [7, 11) is 1.62. The third kappa shape index (κ3) is 3.76. The summed E-state index contributed by atoms with van der Waals surface area (Å²) in [5.41, 5.74) is 5.66. The van der Waals surface area contributed by atoms with Crippen LogP contribution in [0.25, 0.3) is 16.8 Å². The Bertz CT molecular complexity index is 998. The zero-order valence-corrected chi connectivity index (χ0v) is 15.7. The van der Waals surface area contributed by atoms with Crippen LogP contribution in [0.1, 0.15) is 16.1 Å². The van der Waals surface area contributed by atoms with Gasteiger partial charge < -0.3 is 10.1 Å². The molecular formula is C21H19N3OS. The molecule has 1 aromatic heterocycles. The van der Waals surface area contributed by atoms with Crippen molar-refractivity contribution < 1.29 is 4.74 Å². The highest BCUT2D eigenvalue weighted by atomic mass is 32.1. The van der Waals surface area contributed by atoms with E-state index in [-0.39, 0.29) is 0 Å². The number of hydrogen-bond donors (Lipinski definition) is 1. The molecule has 3 rings (SSSR count). The van der Waals surface area contributed by atoms with Gasteiger partial charge in [-0.25, -0.2) is 4.98 Å². The van der Waals surface area contributed by atoms with E-state index >= 15 is 0 Å². The third-order valence-corrected chi connectivity index (χ3v) is 4.87. The minimum Gasteiger partial charge on any atom is -0.495 e. The van der Waals surface area contributed by atoms with E-state index in [0.717, 1.165) is 22.7 Å². The van der Waals surface area contributed by atoms with Gasteiger partial charge in [0, 0.05) is 17.1 Å². The van der Waals surface area contributed by atoms with E-state index in [4.69, 9.17) is 4.74 Å². The van der Waals surface area contributed by atoms with Crippen molar-refractivity contribution in [3.8, 4) is 23.1 Å². The van der Waals surface area contributed by atoms with Crippen LogP contribution in [-0.4, -0.2) is 12.1 Å². The first-order valence-electron chi connectivity index (χ1n) is 8.15. The number of rotatable bonds is 5. The molecule has 0 aliphatic carbocycles. The lowest BCUT2D eigenvalue weighted by Gasteiger charge is -2.07. The first-order chi connectivity index (χ1) is 12.6. The summed E-state index contributed by atoms with van der Waals surface area (Å²) in [5.74, 6) is 0.719. The molecule has 0 saturated carbocycles. The molecule has 0 fully saturated rings. The largest absolute Gasteiger partial charge is 0.495 e. The van der Waals surface area contributed by atoms with Crippen molar-refractivity contribution in [3.05, 3.63) is 70.2 Å². The molecule has 2 aromatic carbocycles. The van der Waals surface area contributed by atoms with Gasteiger partial charge in [-0.2, -0.15) is 5.26 Å². The number of methoxy groups -OCH3 is 1. The van der Waals surface area contributed by atoms with Crippen LogP contribution in [0.15, 0.2) is 54.0 Å². The maximum absolute atomic E-state index is 9.53. The number of hydrogen-bond acceptors (Lipinski definition) is 5. The smallest absolute Gasteiger partial charge is 0.142 e. The Morgan fingerprint density at radius 3 is 2.77 bits per heavy atom. The number of benzene rings is 2. The summed E-state index contributed by atoms with van der Waals surface area (Å²) >= 11 is 1.46. The molecule has 3 aromatic rings. The molecule has 1 heterocycles. The van der Waals surface area contributed by atoms with Gasteiger partial charge in [0.15, 0.2) is 0 Å². The second kappa shape index (κ2) is 7.85. The molecule has 0 amide bonds. The van der Waals surface area contributed by atoms with E-state index in [0.29, 0.717) is 10.6 Å². The zero-order valence-electron chi connectivity index (χ0n) is 14.9. The number of nitriles is 1. The zero-order chi connectivity index (χ0) is 18.5. The normalized spacial score (nSPS) is 11.1. The van der Waals surface area contributed by atoms with Crippen molar-refractivity contribution in [1.29, 1.82) is 5.26 Å². The minimum atomic E-state index is 0.483. The molecule has 26 heavy (non-hydrogen) atoms. The number of aromatic nitrogens is 1. The number of anilines is 1. The molecule has 5 heteroatoms. The molecular weight excluding hydrogens is 342 g/mol. The Balaban J connectivity index is 1.87. The first kappa shape index (κ1) is 17.7. The molecule has 130 valence electrons. The lowest BCUT2D eigenvalue weighted by atomic mass is 10.0. The van der Waals surface area contributed by atoms with Crippen LogP contribution >= 0.6 is 11.3 Å². The van der Waals surface area contributed by atoms with Crippen molar-refractivity contribution in [2.75, 3.05) is 12.4 Å². The van der Waals surface area contributed by atoms with Gasteiger partial charge >= 0.3 is 0 Å². The monoisotopic (exact) mass is 361 g/mol. The van der Waals surface area contributed by atoms with Crippen molar-refractivity contribution in [2.45, 2.75) is 13.8 Å². The highest BCUT2D eigenvalue weighted by Crippen LogP contribution is 2.29. The second-order valence-electron chi connectivity index (χ2n) is 5.87. The van der Waals surface area contributed by atoms with Crippen LogP contribution in [0.2, 0.25) is 0 Å².